The second kappa shape index (κ2) is 5.95. The van der Waals surface area contributed by atoms with Crippen molar-refractivity contribution in [2.75, 3.05) is 0 Å². The average molecular weight is 313 g/mol. The standard InChI is InChI=1S/C18H17ClN2O/c1-12-5-3-4-6-14(12)15-9-13(7-8-16(15)19)18(22)17-10-20-11-21(17)2/h3-11,18,22H,1-2H3. The third-order valence-electron chi connectivity index (χ3n) is 3.88. The summed E-state index contributed by atoms with van der Waals surface area (Å²) in [5.41, 5.74) is 4.70. The molecule has 0 saturated heterocycles. The fourth-order valence-electron chi connectivity index (χ4n) is 2.60. The summed E-state index contributed by atoms with van der Waals surface area (Å²) in [7, 11) is 1.86. The molecule has 0 aliphatic carbocycles. The van der Waals surface area contributed by atoms with Gasteiger partial charge >= 0.3 is 0 Å². The van der Waals surface area contributed by atoms with Crippen LogP contribution in [0.3, 0.4) is 0 Å². The second-order valence-electron chi connectivity index (χ2n) is 5.39. The van der Waals surface area contributed by atoms with Gasteiger partial charge in [-0.2, -0.15) is 0 Å². The highest BCUT2D eigenvalue weighted by molar-refractivity contribution is 6.33. The van der Waals surface area contributed by atoms with E-state index in [1.165, 1.54) is 0 Å². The Morgan fingerprint density at radius 3 is 2.59 bits per heavy atom. The van der Waals surface area contributed by atoms with Crippen LogP contribution in [0.1, 0.15) is 22.9 Å². The summed E-state index contributed by atoms with van der Waals surface area (Å²) in [4.78, 5) is 4.06. The Hall–Kier alpha value is -2.10. The average Bonchev–Trinajstić information content (AvgIpc) is 2.94. The SMILES string of the molecule is Cc1ccccc1-c1cc(C(O)c2cncn2C)ccc1Cl. The van der Waals surface area contributed by atoms with E-state index < -0.39 is 6.10 Å². The van der Waals surface area contributed by atoms with Gasteiger partial charge in [-0.1, -0.05) is 41.9 Å². The number of aliphatic hydroxyl groups excluding tert-OH is 1. The topological polar surface area (TPSA) is 38.1 Å². The van der Waals surface area contributed by atoms with E-state index in [0.29, 0.717) is 5.02 Å². The molecule has 22 heavy (non-hydrogen) atoms. The summed E-state index contributed by atoms with van der Waals surface area (Å²) in [5, 5.41) is 11.3. The molecule has 3 aromatic rings. The molecular weight excluding hydrogens is 296 g/mol. The van der Waals surface area contributed by atoms with Crippen LogP contribution in [0.4, 0.5) is 0 Å². The minimum atomic E-state index is -0.729. The van der Waals surface area contributed by atoms with Crippen LogP contribution in [0.15, 0.2) is 55.0 Å². The quantitative estimate of drug-likeness (QED) is 0.789. The van der Waals surface area contributed by atoms with Gasteiger partial charge in [0.25, 0.3) is 0 Å². The lowest BCUT2D eigenvalue weighted by Gasteiger charge is -2.15. The normalized spacial score (nSPS) is 12.4. The Balaban J connectivity index is 2.08. The largest absolute Gasteiger partial charge is 0.382 e. The van der Waals surface area contributed by atoms with Crippen LogP contribution in [0.5, 0.6) is 0 Å². The number of hydrogen-bond acceptors (Lipinski definition) is 2. The summed E-state index contributed by atoms with van der Waals surface area (Å²) < 4.78 is 1.81. The molecule has 3 nitrogen and oxygen atoms in total. The smallest absolute Gasteiger partial charge is 0.121 e. The summed E-state index contributed by atoms with van der Waals surface area (Å²) >= 11 is 6.36. The molecule has 0 saturated carbocycles. The van der Waals surface area contributed by atoms with Crippen molar-refractivity contribution in [3.05, 3.63) is 76.8 Å². The van der Waals surface area contributed by atoms with Crippen molar-refractivity contribution in [2.45, 2.75) is 13.0 Å². The molecule has 1 unspecified atom stereocenters. The first-order valence-corrected chi connectivity index (χ1v) is 7.45. The number of aliphatic hydroxyl groups is 1. The molecule has 0 amide bonds. The van der Waals surface area contributed by atoms with Gasteiger partial charge < -0.3 is 9.67 Å². The number of aryl methyl sites for hydroxylation is 2. The maximum atomic E-state index is 10.6. The zero-order valence-corrected chi connectivity index (χ0v) is 13.2. The van der Waals surface area contributed by atoms with Crippen LogP contribution in [-0.4, -0.2) is 14.7 Å². The summed E-state index contributed by atoms with van der Waals surface area (Å²) in [6.07, 6.45) is 2.62. The van der Waals surface area contributed by atoms with Crippen molar-refractivity contribution in [2.24, 2.45) is 7.05 Å². The van der Waals surface area contributed by atoms with E-state index in [4.69, 9.17) is 11.6 Å². The number of hydrogen-bond donors (Lipinski definition) is 1. The van der Waals surface area contributed by atoms with E-state index in [1.54, 1.807) is 12.5 Å². The van der Waals surface area contributed by atoms with Gasteiger partial charge in [0.2, 0.25) is 0 Å². The monoisotopic (exact) mass is 312 g/mol. The Morgan fingerprint density at radius 2 is 1.91 bits per heavy atom. The molecule has 0 aliphatic rings. The molecule has 112 valence electrons. The summed E-state index contributed by atoms with van der Waals surface area (Å²) in [6, 6.07) is 13.7. The van der Waals surface area contributed by atoms with Gasteiger partial charge in [-0.05, 0) is 35.7 Å². The third kappa shape index (κ3) is 2.65. The van der Waals surface area contributed by atoms with Gasteiger partial charge in [0.15, 0.2) is 0 Å². The first-order chi connectivity index (χ1) is 10.6. The molecule has 0 spiro atoms. The minimum Gasteiger partial charge on any atom is -0.382 e. The number of halogens is 1. The summed E-state index contributed by atoms with van der Waals surface area (Å²) in [5.74, 6) is 0. The Morgan fingerprint density at radius 1 is 1.14 bits per heavy atom. The van der Waals surface area contributed by atoms with E-state index in [0.717, 1.165) is 27.9 Å². The van der Waals surface area contributed by atoms with E-state index in [-0.39, 0.29) is 0 Å². The van der Waals surface area contributed by atoms with Crippen molar-refractivity contribution < 1.29 is 5.11 Å². The van der Waals surface area contributed by atoms with Gasteiger partial charge in [-0.3, -0.25) is 0 Å². The molecule has 3 rings (SSSR count). The van der Waals surface area contributed by atoms with Gasteiger partial charge in [-0.25, -0.2) is 4.98 Å². The van der Waals surface area contributed by atoms with Crippen molar-refractivity contribution >= 4 is 11.6 Å². The Kier molecular flexibility index (Phi) is 4.01. The van der Waals surface area contributed by atoms with Crippen molar-refractivity contribution in [3.8, 4) is 11.1 Å². The van der Waals surface area contributed by atoms with Crippen LogP contribution in [-0.2, 0) is 7.05 Å². The first kappa shape index (κ1) is 14.8. The van der Waals surface area contributed by atoms with E-state index in [9.17, 15) is 5.11 Å². The van der Waals surface area contributed by atoms with Crippen LogP contribution < -0.4 is 0 Å². The molecule has 1 atom stereocenters. The van der Waals surface area contributed by atoms with Crippen molar-refractivity contribution in [1.82, 2.24) is 9.55 Å². The van der Waals surface area contributed by atoms with Gasteiger partial charge in [0.05, 0.1) is 18.2 Å². The Bertz CT molecular complexity index is 810. The number of rotatable bonds is 3. The number of aromatic nitrogens is 2. The molecule has 1 aromatic heterocycles. The zero-order chi connectivity index (χ0) is 15.7. The van der Waals surface area contributed by atoms with E-state index in [1.807, 2.05) is 48.0 Å². The first-order valence-electron chi connectivity index (χ1n) is 7.07. The number of imidazole rings is 1. The van der Waals surface area contributed by atoms with Gasteiger partial charge in [-0.15, -0.1) is 0 Å². The summed E-state index contributed by atoms with van der Waals surface area (Å²) in [6.45, 7) is 2.05. The molecule has 1 heterocycles. The maximum Gasteiger partial charge on any atom is 0.121 e. The fraction of sp³-hybridized carbons (Fsp3) is 0.167. The van der Waals surface area contributed by atoms with Gasteiger partial charge in [0.1, 0.15) is 6.10 Å². The molecule has 0 aliphatic heterocycles. The van der Waals surface area contributed by atoms with Crippen molar-refractivity contribution in [3.63, 3.8) is 0 Å². The highest BCUT2D eigenvalue weighted by Crippen LogP contribution is 2.33. The lowest BCUT2D eigenvalue weighted by Crippen LogP contribution is -2.05. The molecule has 2 aromatic carbocycles. The highest BCUT2D eigenvalue weighted by atomic mass is 35.5. The molecule has 0 radical (unpaired) electrons. The van der Waals surface area contributed by atoms with Crippen LogP contribution in [0, 0.1) is 6.92 Å². The number of benzene rings is 2. The highest BCUT2D eigenvalue weighted by Gasteiger charge is 2.16. The minimum absolute atomic E-state index is 0.676. The molecule has 4 heteroatoms. The maximum absolute atomic E-state index is 10.6. The van der Waals surface area contributed by atoms with Gasteiger partial charge in [0, 0.05) is 17.6 Å². The lowest BCUT2D eigenvalue weighted by molar-refractivity contribution is 0.211. The molecular formula is C18H17ClN2O. The van der Waals surface area contributed by atoms with Crippen LogP contribution in [0.2, 0.25) is 5.02 Å². The molecule has 0 fully saturated rings. The second-order valence-corrected chi connectivity index (χ2v) is 5.79. The molecule has 0 bridgehead atoms. The van der Waals surface area contributed by atoms with Crippen LogP contribution >= 0.6 is 11.6 Å². The molecule has 1 N–H and O–H groups in total. The predicted octanol–water partition coefficient (Wildman–Crippen LogP) is 4.13. The van der Waals surface area contributed by atoms with E-state index >= 15 is 0 Å². The third-order valence-corrected chi connectivity index (χ3v) is 4.21. The lowest BCUT2D eigenvalue weighted by atomic mass is 9.96. The number of nitrogens with zero attached hydrogens (tertiary/aromatic N) is 2. The van der Waals surface area contributed by atoms with Crippen LogP contribution in [0.25, 0.3) is 11.1 Å². The van der Waals surface area contributed by atoms with Crippen molar-refractivity contribution in [1.29, 1.82) is 0 Å². The Labute approximate surface area is 134 Å². The predicted molar refractivity (Wildman–Crippen MR) is 88.9 cm³/mol. The van der Waals surface area contributed by atoms with E-state index in [2.05, 4.69) is 18.0 Å². The fourth-order valence-corrected chi connectivity index (χ4v) is 2.82. The zero-order valence-electron chi connectivity index (χ0n) is 12.5.